The number of nitrogens with two attached hydrogens (primary N) is 1. The maximum atomic E-state index is 11.7. The summed E-state index contributed by atoms with van der Waals surface area (Å²) < 4.78 is 5.52. The maximum Gasteiger partial charge on any atom is 0.263 e. The fraction of sp³-hybridized carbons (Fsp3) is 0.214. The number of nitrogen functional groups attached to an aromatic ring is 1. The molecule has 2 rings (SSSR count). The minimum absolute atomic E-state index is 0.0225. The van der Waals surface area contributed by atoms with Crippen LogP contribution in [0.15, 0.2) is 29.1 Å². The fourth-order valence-electron chi connectivity index (χ4n) is 1.85. The molecule has 0 unspecified atom stereocenters. The van der Waals surface area contributed by atoms with Gasteiger partial charge in [0, 0.05) is 18.3 Å². The number of benzene rings is 1. The molecule has 2 aromatic rings. The van der Waals surface area contributed by atoms with Crippen molar-refractivity contribution in [2.24, 2.45) is 0 Å². The molecular formula is C14H17N5O2. The van der Waals surface area contributed by atoms with Crippen LogP contribution in [0.4, 0.5) is 11.8 Å². The van der Waals surface area contributed by atoms with Gasteiger partial charge in [-0.1, -0.05) is 18.2 Å². The third-order valence-corrected chi connectivity index (χ3v) is 2.85. The van der Waals surface area contributed by atoms with E-state index in [4.69, 9.17) is 15.9 Å². The zero-order valence-corrected chi connectivity index (χ0v) is 11.6. The van der Waals surface area contributed by atoms with E-state index < -0.39 is 5.56 Å². The Morgan fingerprint density at radius 3 is 2.90 bits per heavy atom. The van der Waals surface area contributed by atoms with Gasteiger partial charge in [-0.15, -0.1) is 0 Å². The van der Waals surface area contributed by atoms with E-state index in [0.717, 1.165) is 17.5 Å². The fourth-order valence-corrected chi connectivity index (χ4v) is 1.85. The highest BCUT2D eigenvalue weighted by atomic mass is 16.5. The SMILES string of the molecule is CCOc1ccccc1CNc1nc(N)c(C=N)c(=O)[nH]1. The lowest BCUT2D eigenvalue weighted by atomic mass is 10.2. The van der Waals surface area contributed by atoms with Crippen LogP contribution in [0.25, 0.3) is 0 Å². The van der Waals surface area contributed by atoms with Gasteiger partial charge in [0.05, 0.1) is 12.2 Å². The summed E-state index contributed by atoms with van der Waals surface area (Å²) in [6.45, 7) is 2.93. The van der Waals surface area contributed by atoms with Gasteiger partial charge >= 0.3 is 0 Å². The van der Waals surface area contributed by atoms with E-state index >= 15 is 0 Å². The first-order chi connectivity index (χ1) is 10.2. The minimum atomic E-state index is -0.446. The molecule has 110 valence electrons. The van der Waals surface area contributed by atoms with Gasteiger partial charge in [-0.25, -0.2) is 0 Å². The summed E-state index contributed by atoms with van der Waals surface area (Å²) in [7, 11) is 0. The molecule has 0 atom stereocenters. The van der Waals surface area contributed by atoms with Crippen LogP contribution in [0.2, 0.25) is 0 Å². The van der Waals surface area contributed by atoms with E-state index in [1.165, 1.54) is 0 Å². The summed E-state index contributed by atoms with van der Waals surface area (Å²) in [5.74, 6) is 1.06. The average molecular weight is 287 g/mol. The highest BCUT2D eigenvalue weighted by Gasteiger charge is 2.07. The van der Waals surface area contributed by atoms with Crippen molar-refractivity contribution in [3.05, 3.63) is 45.7 Å². The molecule has 0 radical (unpaired) electrons. The normalized spacial score (nSPS) is 10.1. The van der Waals surface area contributed by atoms with Crippen molar-refractivity contribution in [3.63, 3.8) is 0 Å². The zero-order valence-electron chi connectivity index (χ0n) is 11.6. The molecule has 0 bridgehead atoms. The van der Waals surface area contributed by atoms with Crippen molar-refractivity contribution in [3.8, 4) is 5.75 Å². The van der Waals surface area contributed by atoms with Crippen molar-refractivity contribution in [1.29, 1.82) is 5.41 Å². The van der Waals surface area contributed by atoms with Crippen LogP contribution >= 0.6 is 0 Å². The van der Waals surface area contributed by atoms with E-state index in [9.17, 15) is 4.79 Å². The second-order valence-corrected chi connectivity index (χ2v) is 4.25. The van der Waals surface area contributed by atoms with Crippen LogP contribution in [0.5, 0.6) is 5.75 Å². The summed E-state index contributed by atoms with van der Waals surface area (Å²) in [6.07, 6.45) is 0.884. The first-order valence-electron chi connectivity index (χ1n) is 6.50. The molecule has 0 aliphatic carbocycles. The van der Waals surface area contributed by atoms with E-state index in [2.05, 4.69) is 15.3 Å². The second-order valence-electron chi connectivity index (χ2n) is 4.25. The molecule has 0 spiro atoms. The van der Waals surface area contributed by atoms with Crippen LogP contribution in [0.1, 0.15) is 18.1 Å². The molecule has 0 saturated heterocycles. The van der Waals surface area contributed by atoms with Crippen LogP contribution in [0, 0.1) is 5.41 Å². The predicted octanol–water partition coefficient (Wildman–Crippen LogP) is 1.36. The van der Waals surface area contributed by atoms with Crippen molar-refractivity contribution in [2.45, 2.75) is 13.5 Å². The van der Waals surface area contributed by atoms with Crippen molar-refractivity contribution in [1.82, 2.24) is 9.97 Å². The first kappa shape index (κ1) is 14.6. The summed E-state index contributed by atoms with van der Waals surface area (Å²) >= 11 is 0. The molecule has 1 heterocycles. The summed E-state index contributed by atoms with van der Waals surface area (Å²) in [5, 5.41) is 10.1. The summed E-state index contributed by atoms with van der Waals surface area (Å²) in [6, 6.07) is 7.60. The molecule has 7 nitrogen and oxygen atoms in total. The van der Waals surface area contributed by atoms with Gasteiger partial charge in [0.25, 0.3) is 5.56 Å². The van der Waals surface area contributed by atoms with Crippen molar-refractivity contribution >= 4 is 18.0 Å². The van der Waals surface area contributed by atoms with Gasteiger partial charge in [-0.05, 0) is 13.0 Å². The van der Waals surface area contributed by atoms with Gasteiger partial charge in [-0.3, -0.25) is 9.78 Å². The Bertz CT molecular complexity index is 696. The average Bonchev–Trinajstić information content (AvgIpc) is 2.46. The Hall–Kier alpha value is -2.83. The highest BCUT2D eigenvalue weighted by Crippen LogP contribution is 2.18. The molecule has 1 aromatic carbocycles. The Balaban J connectivity index is 2.17. The molecule has 0 saturated carbocycles. The van der Waals surface area contributed by atoms with Crippen LogP contribution < -0.4 is 21.3 Å². The molecule has 0 aliphatic heterocycles. The third kappa shape index (κ3) is 3.38. The number of hydrogen-bond acceptors (Lipinski definition) is 6. The predicted molar refractivity (Wildman–Crippen MR) is 82.1 cm³/mol. The lowest BCUT2D eigenvalue weighted by molar-refractivity contribution is 0.337. The number of H-pyrrole nitrogens is 1. The standard InChI is InChI=1S/C14H17N5O2/c1-2-21-11-6-4-3-5-9(11)8-17-14-18-12(16)10(7-15)13(20)19-14/h3-7,15H,2,8H2,1H3,(H4,16,17,18,19,20). The number of ether oxygens (including phenoxy) is 1. The molecule has 0 fully saturated rings. The van der Waals surface area contributed by atoms with Gasteiger partial charge in [0.2, 0.25) is 5.95 Å². The Morgan fingerprint density at radius 2 is 2.24 bits per heavy atom. The van der Waals surface area contributed by atoms with Gasteiger partial charge in [0.15, 0.2) is 0 Å². The number of aromatic amines is 1. The number of rotatable bonds is 6. The molecule has 0 amide bonds. The molecule has 0 aliphatic rings. The number of anilines is 2. The van der Waals surface area contributed by atoms with Crippen molar-refractivity contribution < 1.29 is 4.74 Å². The number of hydrogen-bond donors (Lipinski definition) is 4. The van der Waals surface area contributed by atoms with Gasteiger partial charge < -0.3 is 21.2 Å². The topological polar surface area (TPSA) is 117 Å². The molecule has 21 heavy (non-hydrogen) atoms. The number of nitrogens with one attached hydrogen (secondary N) is 3. The number of para-hydroxylation sites is 1. The molecule has 5 N–H and O–H groups in total. The van der Waals surface area contributed by atoms with E-state index in [1.807, 2.05) is 31.2 Å². The maximum absolute atomic E-state index is 11.7. The Morgan fingerprint density at radius 1 is 1.48 bits per heavy atom. The quantitative estimate of drug-likeness (QED) is 0.598. The number of nitrogens with zero attached hydrogens (tertiary/aromatic N) is 1. The van der Waals surface area contributed by atoms with Gasteiger partial charge in [-0.2, -0.15) is 4.98 Å². The zero-order chi connectivity index (χ0) is 15.2. The van der Waals surface area contributed by atoms with Crippen molar-refractivity contribution in [2.75, 3.05) is 17.7 Å². The van der Waals surface area contributed by atoms with Gasteiger partial charge in [0.1, 0.15) is 11.6 Å². The van der Waals surface area contributed by atoms with Crippen LogP contribution in [-0.4, -0.2) is 22.8 Å². The highest BCUT2D eigenvalue weighted by molar-refractivity contribution is 5.82. The largest absolute Gasteiger partial charge is 0.494 e. The second kappa shape index (κ2) is 6.56. The number of aromatic nitrogens is 2. The van der Waals surface area contributed by atoms with E-state index in [0.29, 0.717) is 13.2 Å². The smallest absolute Gasteiger partial charge is 0.263 e. The van der Waals surface area contributed by atoms with Crippen LogP contribution in [0.3, 0.4) is 0 Å². The molecule has 1 aromatic heterocycles. The monoisotopic (exact) mass is 287 g/mol. The van der Waals surface area contributed by atoms with E-state index in [1.54, 1.807) is 0 Å². The minimum Gasteiger partial charge on any atom is -0.494 e. The lowest BCUT2D eigenvalue weighted by Crippen LogP contribution is -2.19. The molecular weight excluding hydrogens is 270 g/mol. The summed E-state index contributed by atoms with van der Waals surface area (Å²) in [4.78, 5) is 18.2. The Kier molecular flexibility index (Phi) is 4.55. The Labute approximate surface area is 121 Å². The summed E-state index contributed by atoms with van der Waals surface area (Å²) in [5.41, 5.74) is 6.18. The molecule has 7 heteroatoms. The first-order valence-corrected chi connectivity index (χ1v) is 6.50. The lowest BCUT2D eigenvalue weighted by Gasteiger charge is -2.11. The van der Waals surface area contributed by atoms with Crippen LogP contribution in [-0.2, 0) is 6.54 Å². The third-order valence-electron chi connectivity index (χ3n) is 2.85. The van der Waals surface area contributed by atoms with E-state index in [-0.39, 0.29) is 17.3 Å².